The molecule has 1 N–H and O–H groups in total. The van der Waals surface area contributed by atoms with Crippen molar-refractivity contribution in [2.75, 3.05) is 0 Å². The maximum atomic E-state index is 13.3. The maximum absolute atomic E-state index is 13.3. The number of aliphatic hydroxyl groups is 1. The number of aliphatic hydroxyl groups excluding tert-OH is 1. The summed E-state index contributed by atoms with van der Waals surface area (Å²) in [6.07, 6.45) is -1.07. The van der Waals surface area contributed by atoms with E-state index in [-0.39, 0.29) is 17.8 Å². The number of carbonyl (C=O) groups is 1. The molecule has 1 rings (SSSR count). The summed E-state index contributed by atoms with van der Waals surface area (Å²) in [5.74, 6) is -0.612. The molecule has 0 saturated carbocycles. The zero-order chi connectivity index (χ0) is 10.7. The van der Waals surface area contributed by atoms with Gasteiger partial charge in [-0.25, -0.2) is 4.39 Å². The summed E-state index contributed by atoms with van der Waals surface area (Å²) in [7, 11) is 0. The minimum atomic E-state index is -1.03. The first-order valence-corrected chi connectivity index (χ1v) is 4.45. The van der Waals surface area contributed by atoms with Crippen molar-refractivity contribution in [3.05, 3.63) is 35.1 Å². The van der Waals surface area contributed by atoms with E-state index in [0.717, 1.165) is 0 Å². The number of ketones is 1. The summed E-state index contributed by atoms with van der Waals surface area (Å²) in [5, 5.41) is 9.59. The van der Waals surface area contributed by atoms with Crippen molar-refractivity contribution in [3.63, 3.8) is 0 Å². The van der Waals surface area contributed by atoms with Crippen LogP contribution in [0.2, 0.25) is 0 Å². The Balaban J connectivity index is 2.99. The molecule has 0 radical (unpaired) electrons. The van der Waals surface area contributed by atoms with E-state index in [0.29, 0.717) is 5.56 Å². The molecule has 0 spiro atoms. The Morgan fingerprint density at radius 3 is 2.71 bits per heavy atom. The summed E-state index contributed by atoms with van der Waals surface area (Å²) in [6.45, 7) is 3.08. The molecule has 0 aliphatic heterocycles. The minimum Gasteiger partial charge on any atom is -0.388 e. The Morgan fingerprint density at radius 1 is 1.57 bits per heavy atom. The molecule has 0 aliphatic rings. The predicted octanol–water partition coefficient (Wildman–Crippen LogP) is 2.15. The van der Waals surface area contributed by atoms with Crippen LogP contribution < -0.4 is 0 Å². The normalized spacial score (nSPS) is 12.6. The third kappa shape index (κ3) is 2.39. The van der Waals surface area contributed by atoms with Crippen molar-refractivity contribution in [2.24, 2.45) is 0 Å². The van der Waals surface area contributed by atoms with Gasteiger partial charge in [-0.2, -0.15) is 0 Å². The molecule has 1 aromatic carbocycles. The van der Waals surface area contributed by atoms with Crippen LogP contribution in [0, 0.1) is 12.7 Å². The average Bonchev–Trinajstić information content (AvgIpc) is 2.01. The number of carbonyl (C=O) groups excluding carboxylic acids is 1. The molecule has 0 bridgehead atoms. The molecule has 0 saturated heterocycles. The lowest BCUT2D eigenvalue weighted by Crippen LogP contribution is -2.07. The molecule has 0 heterocycles. The van der Waals surface area contributed by atoms with E-state index < -0.39 is 11.9 Å². The molecule has 3 heteroatoms. The summed E-state index contributed by atoms with van der Waals surface area (Å²) in [4.78, 5) is 10.8. The van der Waals surface area contributed by atoms with Crippen molar-refractivity contribution in [3.8, 4) is 0 Å². The summed E-state index contributed by atoms with van der Waals surface area (Å²) in [5.41, 5.74) is 0.890. The zero-order valence-electron chi connectivity index (χ0n) is 8.25. The van der Waals surface area contributed by atoms with Crippen LogP contribution in [0.5, 0.6) is 0 Å². The highest BCUT2D eigenvalue weighted by Crippen LogP contribution is 2.23. The standard InChI is InChI=1S/C11H13FO2/c1-7-4-3-5-9(12)11(7)10(14)6-8(2)13/h3-5,10,14H,6H2,1-2H3/t10-/m1/s1. The van der Waals surface area contributed by atoms with Gasteiger partial charge in [0.05, 0.1) is 6.10 Å². The van der Waals surface area contributed by atoms with Gasteiger partial charge in [-0.1, -0.05) is 12.1 Å². The van der Waals surface area contributed by atoms with Gasteiger partial charge >= 0.3 is 0 Å². The van der Waals surface area contributed by atoms with E-state index in [1.54, 1.807) is 19.1 Å². The first kappa shape index (κ1) is 10.9. The van der Waals surface area contributed by atoms with Crippen LogP contribution in [-0.2, 0) is 4.79 Å². The lowest BCUT2D eigenvalue weighted by Gasteiger charge is -2.12. The Labute approximate surface area is 82.4 Å². The Bertz CT molecular complexity index is 327. The van der Waals surface area contributed by atoms with Gasteiger partial charge in [-0.15, -0.1) is 0 Å². The first-order valence-electron chi connectivity index (χ1n) is 4.45. The average molecular weight is 196 g/mol. The second kappa shape index (κ2) is 4.33. The quantitative estimate of drug-likeness (QED) is 0.804. The van der Waals surface area contributed by atoms with Crippen molar-refractivity contribution in [1.82, 2.24) is 0 Å². The summed E-state index contributed by atoms with van der Waals surface area (Å²) < 4.78 is 13.3. The van der Waals surface area contributed by atoms with Gasteiger partial charge in [-0.3, -0.25) is 4.79 Å². The number of Topliss-reactive ketones (excluding diaryl/α,β-unsaturated/α-hetero) is 1. The number of rotatable bonds is 3. The Kier molecular flexibility index (Phi) is 3.36. The first-order chi connectivity index (χ1) is 6.52. The van der Waals surface area contributed by atoms with Gasteiger partial charge in [0, 0.05) is 12.0 Å². The van der Waals surface area contributed by atoms with Crippen LogP contribution >= 0.6 is 0 Å². The van der Waals surface area contributed by atoms with Gasteiger partial charge in [0.15, 0.2) is 0 Å². The molecule has 2 nitrogen and oxygen atoms in total. The largest absolute Gasteiger partial charge is 0.388 e. The molecule has 0 aromatic heterocycles. The molecule has 0 fully saturated rings. The monoisotopic (exact) mass is 196 g/mol. The number of aryl methyl sites for hydroxylation is 1. The van der Waals surface area contributed by atoms with Crippen molar-refractivity contribution in [2.45, 2.75) is 26.4 Å². The molecule has 0 aliphatic carbocycles. The van der Waals surface area contributed by atoms with Crippen LogP contribution in [-0.4, -0.2) is 10.9 Å². The molecular formula is C11H13FO2. The molecule has 0 amide bonds. The SMILES string of the molecule is CC(=O)C[C@@H](O)c1c(C)cccc1F. The fraction of sp³-hybridized carbons (Fsp3) is 0.364. The molecule has 1 atom stereocenters. The maximum Gasteiger partial charge on any atom is 0.132 e. The number of halogens is 1. The highest BCUT2D eigenvalue weighted by molar-refractivity contribution is 5.76. The third-order valence-electron chi connectivity index (χ3n) is 2.08. The van der Waals surface area contributed by atoms with E-state index in [4.69, 9.17) is 0 Å². The van der Waals surface area contributed by atoms with E-state index in [1.807, 2.05) is 0 Å². The second-order valence-corrected chi connectivity index (χ2v) is 3.39. The van der Waals surface area contributed by atoms with E-state index in [1.165, 1.54) is 13.0 Å². The van der Waals surface area contributed by atoms with Crippen molar-refractivity contribution >= 4 is 5.78 Å². The molecule has 76 valence electrons. The fourth-order valence-corrected chi connectivity index (χ4v) is 1.44. The summed E-state index contributed by atoms with van der Waals surface area (Å²) in [6, 6.07) is 4.57. The van der Waals surface area contributed by atoms with Crippen LogP contribution in [0.15, 0.2) is 18.2 Å². The molecule has 1 aromatic rings. The third-order valence-corrected chi connectivity index (χ3v) is 2.08. The van der Waals surface area contributed by atoms with Gasteiger partial charge < -0.3 is 5.11 Å². The van der Waals surface area contributed by atoms with E-state index in [9.17, 15) is 14.3 Å². The smallest absolute Gasteiger partial charge is 0.132 e. The minimum absolute atomic E-state index is 0.0399. The fourth-order valence-electron chi connectivity index (χ4n) is 1.44. The lowest BCUT2D eigenvalue weighted by molar-refractivity contribution is -0.118. The lowest BCUT2D eigenvalue weighted by atomic mass is 9.99. The zero-order valence-corrected chi connectivity index (χ0v) is 8.25. The van der Waals surface area contributed by atoms with Gasteiger partial charge in [0.25, 0.3) is 0 Å². The number of benzene rings is 1. The van der Waals surface area contributed by atoms with Crippen LogP contribution in [0.1, 0.15) is 30.6 Å². The van der Waals surface area contributed by atoms with Crippen LogP contribution in [0.4, 0.5) is 4.39 Å². The van der Waals surface area contributed by atoms with Crippen LogP contribution in [0.25, 0.3) is 0 Å². The number of hydrogen-bond acceptors (Lipinski definition) is 2. The van der Waals surface area contributed by atoms with Gasteiger partial charge in [-0.05, 0) is 25.5 Å². The highest BCUT2D eigenvalue weighted by atomic mass is 19.1. The van der Waals surface area contributed by atoms with Gasteiger partial charge in [0.2, 0.25) is 0 Å². The highest BCUT2D eigenvalue weighted by Gasteiger charge is 2.16. The Morgan fingerprint density at radius 2 is 2.21 bits per heavy atom. The second-order valence-electron chi connectivity index (χ2n) is 3.39. The summed E-state index contributed by atoms with van der Waals surface area (Å²) >= 11 is 0. The molecular weight excluding hydrogens is 183 g/mol. The van der Waals surface area contributed by atoms with E-state index >= 15 is 0 Å². The Hall–Kier alpha value is -1.22. The topological polar surface area (TPSA) is 37.3 Å². The van der Waals surface area contributed by atoms with Crippen molar-refractivity contribution < 1.29 is 14.3 Å². The predicted molar refractivity (Wildman–Crippen MR) is 51.4 cm³/mol. The van der Waals surface area contributed by atoms with Gasteiger partial charge in [0.1, 0.15) is 11.6 Å². The van der Waals surface area contributed by atoms with Crippen molar-refractivity contribution in [1.29, 1.82) is 0 Å². The van der Waals surface area contributed by atoms with E-state index in [2.05, 4.69) is 0 Å². The molecule has 14 heavy (non-hydrogen) atoms. The van der Waals surface area contributed by atoms with Crippen LogP contribution in [0.3, 0.4) is 0 Å². The number of hydrogen-bond donors (Lipinski definition) is 1. The molecule has 0 unspecified atom stereocenters.